The molecule has 0 amide bonds. The third kappa shape index (κ3) is 3.76. The Bertz CT molecular complexity index is 481. The summed E-state index contributed by atoms with van der Waals surface area (Å²) in [7, 11) is 4.17. The summed E-state index contributed by atoms with van der Waals surface area (Å²) in [6.07, 6.45) is 1.22. The predicted octanol–water partition coefficient (Wildman–Crippen LogP) is 2.08. The minimum Gasteiger partial charge on any atom is -0.306 e. The van der Waals surface area contributed by atoms with E-state index in [2.05, 4.69) is 22.9 Å². The van der Waals surface area contributed by atoms with Crippen molar-refractivity contribution >= 4 is 0 Å². The van der Waals surface area contributed by atoms with Crippen molar-refractivity contribution in [2.45, 2.75) is 13.0 Å². The van der Waals surface area contributed by atoms with Crippen molar-refractivity contribution in [1.82, 2.24) is 9.80 Å². The van der Waals surface area contributed by atoms with Gasteiger partial charge in [0, 0.05) is 19.6 Å². The second kappa shape index (κ2) is 6.14. The highest BCUT2D eigenvalue weighted by Crippen LogP contribution is 2.17. The van der Waals surface area contributed by atoms with E-state index in [0.29, 0.717) is 18.0 Å². The van der Waals surface area contributed by atoms with Crippen LogP contribution in [0.15, 0.2) is 18.2 Å². The van der Waals surface area contributed by atoms with Crippen molar-refractivity contribution in [3.05, 3.63) is 35.1 Å². The van der Waals surface area contributed by atoms with Gasteiger partial charge in [-0.2, -0.15) is 5.26 Å². The van der Waals surface area contributed by atoms with Crippen LogP contribution in [0.25, 0.3) is 0 Å². The topological polar surface area (TPSA) is 30.3 Å². The Morgan fingerprint density at radius 2 is 2.32 bits per heavy atom. The Labute approximate surface area is 114 Å². The van der Waals surface area contributed by atoms with Crippen molar-refractivity contribution in [2.75, 3.05) is 33.7 Å². The highest BCUT2D eigenvalue weighted by molar-refractivity contribution is 5.37. The third-order valence-electron chi connectivity index (χ3n) is 3.69. The molecule has 1 aliphatic heterocycles. The van der Waals surface area contributed by atoms with E-state index in [0.717, 1.165) is 25.2 Å². The number of likely N-dealkylation sites (tertiary alicyclic amines) is 1. The number of nitriles is 1. The van der Waals surface area contributed by atoms with E-state index in [1.807, 2.05) is 7.05 Å². The van der Waals surface area contributed by atoms with Gasteiger partial charge >= 0.3 is 0 Å². The summed E-state index contributed by atoms with van der Waals surface area (Å²) in [5, 5.41) is 9.04. The van der Waals surface area contributed by atoms with Crippen LogP contribution in [-0.2, 0) is 6.54 Å². The summed E-state index contributed by atoms with van der Waals surface area (Å²) in [6.45, 7) is 3.90. The quantitative estimate of drug-likeness (QED) is 0.831. The molecule has 1 atom stereocenters. The molecule has 19 heavy (non-hydrogen) atoms. The second-order valence-electron chi connectivity index (χ2n) is 5.53. The van der Waals surface area contributed by atoms with Crippen molar-refractivity contribution < 1.29 is 4.39 Å². The fraction of sp³-hybridized carbons (Fsp3) is 0.533. The van der Waals surface area contributed by atoms with E-state index >= 15 is 0 Å². The molecule has 0 N–H and O–H groups in total. The molecular formula is C15H20FN3. The SMILES string of the molecule is CN1CCC(CN(C)Cc2cc(F)ccc2C#N)C1. The minimum absolute atomic E-state index is 0.275. The number of rotatable bonds is 4. The van der Waals surface area contributed by atoms with Crippen LogP contribution in [0.1, 0.15) is 17.5 Å². The van der Waals surface area contributed by atoms with Gasteiger partial charge in [-0.05, 0) is 56.7 Å². The lowest BCUT2D eigenvalue weighted by atomic mass is 10.1. The lowest BCUT2D eigenvalue weighted by molar-refractivity contribution is 0.267. The maximum atomic E-state index is 13.3. The highest BCUT2D eigenvalue weighted by Gasteiger charge is 2.21. The van der Waals surface area contributed by atoms with E-state index in [4.69, 9.17) is 5.26 Å². The lowest BCUT2D eigenvalue weighted by Gasteiger charge is -2.21. The molecule has 102 valence electrons. The fourth-order valence-electron chi connectivity index (χ4n) is 2.77. The molecule has 1 aromatic rings. The van der Waals surface area contributed by atoms with Crippen LogP contribution in [0.4, 0.5) is 4.39 Å². The maximum Gasteiger partial charge on any atom is 0.123 e. The number of hydrogen-bond donors (Lipinski definition) is 0. The Morgan fingerprint density at radius 3 is 2.95 bits per heavy atom. The minimum atomic E-state index is -0.275. The van der Waals surface area contributed by atoms with Crippen LogP contribution >= 0.6 is 0 Å². The Hall–Kier alpha value is -1.44. The molecule has 2 rings (SSSR count). The highest BCUT2D eigenvalue weighted by atomic mass is 19.1. The summed E-state index contributed by atoms with van der Waals surface area (Å²) in [5.41, 5.74) is 1.34. The van der Waals surface area contributed by atoms with Crippen molar-refractivity contribution in [3.8, 4) is 6.07 Å². The van der Waals surface area contributed by atoms with Gasteiger partial charge in [-0.15, -0.1) is 0 Å². The van der Waals surface area contributed by atoms with E-state index < -0.39 is 0 Å². The van der Waals surface area contributed by atoms with Crippen LogP contribution in [0, 0.1) is 23.1 Å². The largest absolute Gasteiger partial charge is 0.306 e. The molecule has 1 saturated heterocycles. The molecular weight excluding hydrogens is 241 g/mol. The molecule has 0 aliphatic carbocycles. The van der Waals surface area contributed by atoms with E-state index in [9.17, 15) is 4.39 Å². The van der Waals surface area contributed by atoms with Gasteiger partial charge in [0.05, 0.1) is 11.6 Å². The number of benzene rings is 1. The standard InChI is InChI=1S/C15H20FN3/c1-18-6-5-12(9-18)10-19(2)11-14-7-15(16)4-3-13(14)8-17/h3-4,7,12H,5-6,9-11H2,1-2H3. The number of hydrogen-bond acceptors (Lipinski definition) is 3. The summed E-state index contributed by atoms with van der Waals surface area (Å²) in [4.78, 5) is 4.51. The average molecular weight is 261 g/mol. The third-order valence-corrected chi connectivity index (χ3v) is 3.69. The van der Waals surface area contributed by atoms with Gasteiger partial charge in [0.25, 0.3) is 0 Å². The molecule has 0 saturated carbocycles. The molecule has 3 nitrogen and oxygen atoms in total. The van der Waals surface area contributed by atoms with Gasteiger partial charge in [-0.25, -0.2) is 4.39 Å². The zero-order valence-corrected chi connectivity index (χ0v) is 11.6. The van der Waals surface area contributed by atoms with Crippen molar-refractivity contribution in [2.24, 2.45) is 5.92 Å². The molecule has 4 heteroatoms. The molecule has 1 unspecified atom stereocenters. The molecule has 0 spiro atoms. The van der Waals surface area contributed by atoms with Crippen LogP contribution < -0.4 is 0 Å². The van der Waals surface area contributed by atoms with E-state index in [1.54, 1.807) is 6.07 Å². The Balaban J connectivity index is 1.97. The number of halogens is 1. The van der Waals surface area contributed by atoms with E-state index in [-0.39, 0.29) is 5.82 Å². The van der Waals surface area contributed by atoms with Gasteiger partial charge in [-0.1, -0.05) is 0 Å². The van der Waals surface area contributed by atoms with Gasteiger partial charge in [0.1, 0.15) is 5.82 Å². The molecule has 1 fully saturated rings. The first-order valence-electron chi connectivity index (χ1n) is 6.64. The summed E-state index contributed by atoms with van der Waals surface area (Å²) in [6, 6.07) is 6.49. The smallest absolute Gasteiger partial charge is 0.123 e. The molecule has 1 aliphatic rings. The summed E-state index contributed by atoms with van der Waals surface area (Å²) < 4.78 is 13.3. The van der Waals surface area contributed by atoms with Crippen molar-refractivity contribution in [3.63, 3.8) is 0 Å². The predicted molar refractivity (Wildman–Crippen MR) is 73.1 cm³/mol. The van der Waals surface area contributed by atoms with Crippen molar-refractivity contribution in [1.29, 1.82) is 5.26 Å². The molecule has 0 bridgehead atoms. The Kier molecular flexibility index (Phi) is 4.52. The molecule has 1 heterocycles. The first-order valence-corrected chi connectivity index (χ1v) is 6.64. The normalized spacial score (nSPS) is 19.8. The molecule has 1 aromatic carbocycles. The van der Waals surface area contributed by atoms with E-state index in [1.165, 1.54) is 18.6 Å². The first-order chi connectivity index (χ1) is 9.08. The maximum absolute atomic E-state index is 13.3. The van der Waals surface area contributed by atoms with Crippen LogP contribution in [0.2, 0.25) is 0 Å². The Morgan fingerprint density at radius 1 is 1.53 bits per heavy atom. The lowest BCUT2D eigenvalue weighted by Crippen LogP contribution is -2.27. The zero-order chi connectivity index (χ0) is 13.8. The van der Waals surface area contributed by atoms with Gasteiger partial charge in [0.15, 0.2) is 0 Å². The average Bonchev–Trinajstić information content (AvgIpc) is 2.75. The first kappa shape index (κ1) is 14.0. The number of nitrogens with zero attached hydrogens (tertiary/aromatic N) is 3. The molecule has 0 radical (unpaired) electrons. The summed E-state index contributed by atoms with van der Waals surface area (Å²) in [5.74, 6) is 0.400. The van der Waals surface area contributed by atoms with Crippen LogP contribution in [0.3, 0.4) is 0 Å². The van der Waals surface area contributed by atoms with Crippen LogP contribution in [-0.4, -0.2) is 43.5 Å². The second-order valence-corrected chi connectivity index (χ2v) is 5.53. The molecule has 0 aromatic heterocycles. The van der Waals surface area contributed by atoms with Gasteiger partial charge < -0.3 is 9.80 Å². The van der Waals surface area contributed by atoms with Gasteiger partial charge in [-0.3, -0.25) is 0 Å². The summed E-state index contributed by atoms with van der Waals surface area (Å²) >= 11 is 0. The van der Waals surface area contributed by atoms with Crippen LogP contribution in [0.5, 0.6) is 0 Å². The monoisotopic (exact) mass is 261 g/mol. The van der Waals surface area contributed by atoms with Gasteiger partial charge in [0.2, 0.25) is 0 Å². The zero-order valence-electron chi connectivity index (χ0n) is 11.6. The fourth-order valence-corrected chi connectivity index (χ4v) is 2.77.